The molecule has 0 aromatic heterocycles. The summed E-state index contributed by atoms with van der Waals surface area (Å²) in [5.41, 5.74) is 2.29. The molecule has 0 saturated carbocycles. The van der Waals surface area contributed by atoms with Crippen molar-refractivity contribution in [3.8, 4) is 0 Å². The Morgan fingerprint density at radius 1 is 1.46 bits per heavy atom. The molecule has 1 aliphatic carbocycles. The molecule has 1 heterocycles. The average Bonchev–Trinajstić information content (AvgIpc) is 2.52. The Hall–Kier alpha value is -1.05. The zero-order valence-corrected chi connectivity index (χ0v) is 8.21. The predicted molar refractivity (Wildman–Crippen MR) is 52.2 cm³/mol. The van der Waals surface area contributed by atoms with E-state index in [-0.39, 0.29) is 5.91 Å². The van der Waals surface area contributed by atoms with Crippen LogP contribution in [-0.2, 0) is 4.79 Å². The van der Waals surface area contributed by atoms with Crippen LogP contribution in [0, 0.1) is 0 Å². The fraction of sp³-hybridized carbons (Fsp3) is 0.545. The van der Waals surface area contributed by atoms with Crippen LogP contribution in [0.5, 0.6) is 0 Å². The van der Waals surface area contributed by atoms with Gasteiger partial charge in [0.2, 0.25) is 0 Å². The van der Waals surface area contributed by atoms with Gasteiger partial charge in [0.15, 0.2) is 0 Å². The van der Waals surface area contributed by atoms with Gasteiger partial charge in [0.25, 0.3) is 5.91 Å². The van der Waals surface area contributed by atoms with Crippen LogP contribution in [0.1, 0.15) is 26.7 Å². The van der Waals surface area contributed by atoms with E-state index < -0.39 is 0 Å². The summed E-state index contributed by atoms with van der Waals surface area (Å²) in [4.78, 5) is 13.8. The van der Waals surface area contributed by atoms with Gasteiger partial charge in [-0.3, -0.25) is 4.79 Å². The fourth-order valence-electron chi connectivity index (χ4n) is 2.02. The van der Waals surface area contributed by atoms with Gasteiger partial charge in [0, 0.05) is 18.2 Å². The van der Waals surface area contributed by atoms with Crippen molar-refractivity contribution in [2.75, 3.05) is 6.54 Å². The number of rotatable bonds is 1. The second-order valence-corrected chi connectivity index (χ2v) is 3.95. The Morgan fingerprint density at radius 2 is 2.23 bits per heavy atom. The number of amides is 1. The molecule has 1 aliphatic heterocycles. The molecule has 2 nitrogen and oxygen atoms in total. The van der Waals surface area contributed by atoms with Crippen LogP contribution < -0.4 is 0 Å². The number of nitrogens with zero attached hydrogens (tertiary/aromatic N) is 1. The lowest BCUT2D eigenvalue weighted by Gasteiger charge is -2.31. The number of allylic oxidation sites excluding steroid dienone is 2. The first-order valence-corrected chi connectivity index (χ1v) is 4.89. The van der Waals surface area contributed by atoms with Crippen molar-refractivity contribution in [1.29, 1.82) is 0 Å². The van der Waals surface area contributed by atoms with E-state index in [9.17, 15) is 4.79 Å². The Labute approximate surface area is 78.9 Å². The summed E-state index contributed by atoms with van der Waals surface area (Å²) in [6.45, 7) is 5.04. The Kier molecular flexibility index (Phi) is 1.98. The third-order valence-electron chi connectivity index (χ3n) is 2.79. The van der Waals surface area contributed by atoms with Gasteiger partial charge in [-0.1, -0.05) is 12.2 Å². The molecule has 0 unspecified atom stereocenters. The van der Waals surface area contributed by atoms with E-state index in [1.165, 1.54) is 5.57 Å². The maximum Gasteiger partial charge on any atom is 0.250 e. The first-order valence-electron chi connectivity index (χ1n) is 4.89. The van der Waals surface area contributed by atoms with Crippen LogP contribution in [0.4, 0.5) is 0 Å². The van der Waals surface area contributed by atoms with Crippen molar-refractivity contribution in [3.05, 3.63) is 23.3 Å². The van der Waals surface area contributed by atoms with E-state index in [4.69, 9.17) is 0 Å². The van der Waals surface area contributed by atoms with Crippen LogP contribution in [-0.4, -0.2) is 23.4 Å². The van der Waals surface area contributed by atoms with Crippen LogP contribution in [0.3, 0.4) is 0 Å². The van der Waals surface area contributed by atoms with Gasteiger partial charge in [0.1, 0.15) is 0 Å². The molecule has 0 fully saturated rings. The van der Waals surface area contributed by atoms with Crippen molar-refractivity contribution in [2.45, 2.75) is 32.7 Å². The summed E-state index contributed by atoms with van der Waals surface area (Å²) in [5.74, 6) is 0.251. The second-order valence-electron chi connectivity index (χ2n) is 3.95. The first kappa shape index (κ1) is 8.54. The number of hydrogen-bond acceptors (Lipinski definition) is 1. The van der Waals surface area contributed by atoms with Gasteiger partial charge in [-0.15, -0.1) is 0 Å². The highest BCUT2D eigenvalue weighted by atomic mass is 16.2. The summed E-state index contributed by atoms with van der Waals surface area (Å²) >= 11 is 0. The van der Waals surface area contributed by atoms with Crippen molar-refractivity contribution in [2.24, 2.45) is 0 Å². The summed E-state index contributed by atoms with van der Waals surface area (Å²) < 4.78 is 0. The van der Waals surface area contributed by atoms with Gasteiger partial charge < -0.3 is 4.90 Å². The smallest absolute Gasteiger partial charge is 0.250 e. The lowest BCUT2D eigenvalue weighted by atomic mass is 10.0. The van der Waals surface area contributed by atoms with E-state index in [0.717, 1.165) is 25.0 Å². The first-order chi connectivity index (χ1) is 6.20. The standard InChI is InChI=1S/C11H15NO/c1-8(2)12-7-6-9-4-3-5-10(9)11(12)13/h3-4,8H,5-7H2,1-2H3. The van der Waals surface area contributed by atoms with E-state index in [0.29, 0.717) is 6.04 Å². The normalized spacial score (nSPS) is 21.8. The topological polar surface area (TPSA) is 20.3 Å². The predicted octanol–water partition coefficient (Wildman–Crippen LogP) is 1.88. The van der Waals surface area contributed by atoms with E-state index in [1.807, 2.05) is 4.90 Å². The number of hydrogen-bond donors (Lipinski definition) is 0. The number of carbonyl (C=O) groups is 1. The van der Waals surface area contributed by atoms with E-state index in [2.05, 4.69) is 26.0 Å². The lowest BCUT2D eigenvalue weighted by molar-refractivity contribution is -0.129. The maximum atomic E-state index is 11.9. The minimum Gasteiger partial charge on any atom is -0.336 e. The molecule has 0 radical (unpaired) electrons. The monoisotopic (exact) mass is 177 g/mol. The molecule has 0 N–H and O–H groups in total. The van der Waals surface area contributed by atoms with Gasteiger partial charge in [-0.05, 0) is 32.3 Å². The van der Waals surface area contributed by atoms with E-state index in [1.54, 1.807) is 0 Å². The highest BCUT2D eigenvalue weighted by molar-refractivity contribution is 5.96. The molecule has 2 heteroatoms. The molecule has 1 amide bonds. The molecule has 2 aliphatic rings. The Bertz CT molecular complexity index is 299. The molecule has 0 saturated heterocycles. The molecule has 70 valence electrons. The van der Waals surface area contributed by atoms with Crippen LogP contribution in [0.25, 0.3) is 0 Å². The minimum atomic E-state index is 0.251. The molecule has 0 spiro atoms. The molecular formula is C11H15NO. The number of carbonyl (C=O) groups excluding carboxylic acids is 1. The summed E-state index contributed by atoms with van der Waals surface area (Å²) in [6.07, 6.45) is 6.07. The molecule has 2 rings (SSSR count). The van der Waals surface area contributed by atoms with Crippen molar-refractivity contribution < 1.29 is 4.79 Å². The minimum absolute atomic E-state index is 0.251. The molecule has 0 aromatic rings. The zero-order chi connectivity index (χ0) is 9.42. The van der Waals surface area contributed by atoms with Crippen molar-refractivity contribution in [1.82, 2.24) is 4.90 Å². The highest BCUT2D eigenvalue weighted by Gasteiger charge is 2.28. The fourth-order valence-corrected chi connectivity index (χ4v) is 2.02. The molecule has 0 aromatic carbocycles. The quantitative estimate of drug-likeness (QED) is 0.599. The maximum absolute atomic E-state index is 11.9. The summed E-state index contributed by atoms with van der Waals surface area (Å²) in [7, 11) is 0. The molecular weight excluding hydrogens is 162 g/mol. The average molecular weight is 177 g/mol. The van der Waals surface area contributed by atoms with Crippen molar-refractivity contribution in [3.63, 3.8) is 0 Å². The largest absolute Gasteiger partial charge is 0.336 e. The summed E-state index contributed by atoms with van der Waals surface area (Å²) in [6, 6.07) is 0.335. The van der Waals surface area contributed by atoms with Gasteiger partial charge in [-0.25, -0.2) is 0 Å². The Balaban J connectivity index is 2.24. The van der Waals surface area contributed by atoms with Crippen molar-refractivity contribution >= 4 is 5.91 Å². The van der Waals surface area contributed by atoms with Crippen LogP contribution in [0.15, 0.2) is 23.3 Å². The lowest BCUT2D eigenvalue weighted by Crippen LogP contribution is -2.41. The third kappa shape index (κ3) is 1.30. The molecule has 13 heavy (non-hydrogen) atoms. The SMILES string of the molecule is CC(C)N1CCC2=C(CC=C2)C1=O. The van der Waals surface area contributed by atoms with Crippen LogP contribution in [0.2, 0.25) is 0 Å². The molecule has 0 bridgehead atoms. The Morgan fingerprint density at radius 3 is 2.92 bits per heavy atom. The van der Waals surface area contributed by atoms with Gasteiger partial charge in [0.05, 0.1) is 0 Å². The van der Waals surface area contributed by atoms with Gasteiger partial charge >= 0.3 is 0 Å². The zero-order valence-electron chi connectivity index (χ0n) is 8.21. The molecule has 0 atom stereocenters. The highest BCUT2D eigenvalue weighted by Crippen LogP contribution is 2.28. The van der Waals surface area contributed by atoms with E-state index >= 15 is 0 Å². The summed E-state index contributed by atoms with van der Waals surface area (Å²) in [5, 5.41) is 0. The second kappa shape index (κ2) is 3.02. The third-order valence-corrected chi connectivity index (χ3v) is 2.79. The van der Waals surface area contributed by atoms with Gasteiger partial charge in [-0.2, -0.15) is 0 Å². The van der Waals surface area contributed by atoms with Crippen LogP contribution >= 0.6 is 0 Å².